The lowest BCUT2D eigenvalue weighted by molar-refractivity contribution is -0.140. The van der Waals surface area contributed by atoms with Gasteiger partial charge in [0.15, 0.2) is 0 Å². The van der Waals surface area contributed by atoms with Gasteiger partial charge in [-0.15, -0.1) is 0 Å². The summed E-state index contributed by atoms with van der Waals surface area (Å²) in [6, 6.07) is 19.0. The number of hydrogen-bond donors (Lipinski definition) is 1. The van der Waals surface area contributed by atoms with Gasteiger partial charge in [-0.25, -0.2) is 8.42 Å². The fraction of sp³-hybridized carbons (Fsp3) is 0.394. The lowest BCUT2D eigenvalue weighted by Gasteiger charge is -2.34. The molecular weight excluding hydrogens is 534 g/mol. The zero-order valence-electron chi connectivity index (χ0n) is 25.3. The van der Waals surface area contributed by atoms with Crippen LogP contribution in [0.4, 0.5) is 5.69 Å². The Balaban J connectivity index is 2.10. The third-order valence-electron chi connectivity index (χ3n) is 7.50. The molecule has 0 bridgehead atoms. The van der Waals surface area contributed by atoms with Crippen molar-refractivity contribution in [3.8, 4) is 0 Å². The highest BCUT2D eigenvalue weighted by Gasteiger charge is 2.34. The molecule has 3 aromatic carbocycles. The molecule has 0 aliphatic heterocycles. The smallest absolute Gasteiger partial charge is 0.264 e. The first-order chi connectivity index (χ1) is 19.4. The molecule has 0 aromatic heterocycles. The van der Waals surface area contributed by atoms with E-state index < -0.39 is 28.5 Å². The largest absolute Gasteiger partial charge is 0.352 e. The molecule has 0 aliphatic carbocycles. The molecule has 0 spiro atoms. The van der Waals surface area contributed by atoms with E-state index in [1.807, 2.05) is 84.9 Å². The van der Waals surface area contributed by atoms with E-state index in [0.29, 0.717) is 12.1 Å². The van der Waals surface area contributed by atoms with Gasteiger partial charge in [-0.1, -0.05) is 73.5 Å². The molecular formula is C33H43N3O4S. The summed E-state index contributed by atoms with van der Waals surface area (Å²) in [6.45, 7) is 13.1. The molecule has 3 rings (SSSR count). The van der Waals surface area contributed by atoms with Crippen molar-refractivity contribution in [1.82, 2.24) is 10.2 Å². The van der Waals surface area contributed by atoms with E-state index in [2.05, 4.69) is 5.32 Å². The Morgan fingerprint density at radius 2 is 1.46 bits per heavy atom. The van der Waals surface area contributed by atoms with Gasteiger partial charge in [0.1, 0.15) is 12.6 Å². The van der Waals surface area contributed by atoms with Crippen LogP contribution in [-0.4, -0.2) is 43.8 Å². The van der Waals surface area contributed by atoms with Crippen molar-refractivity contribution in [2.45, 2.75) is 84.8 Å². The van der Waals surface area contributed by atoms with E-state index in [-0.39, 0.29) is 23.4 Å². The van der Waals surface area contributed by atoms with Crippen molar-refractivity contribution in [2.75, 3.05) is 10.8 Å². The topological polar surface area (TPSA) is 86.8 Å². The van der Waals surface area contributed by atoms with Crippen LogP contribution in [-0.2, 0) is 26.2 Å². The monoisotopic (exact) mass is 577 g/mol. The number of benzene rings is 3. The summed E-state index contributed by atoms with van der Waals surface area (Å²) in [5, 5.41) is 3.01. The Morgan fingerprint density at radius 3 is 2.05 bits per heavy atom. The third-order valence-corrected chi connectivity index (χ3v) is 9.27. The summed E-state index contributed by atoms with van der Waals surface area (Å²) in [4.78, 5) is 29.3. The van der Waals surface area contributed by atoms with Crippen LogP contribution in [0.3, 0.4) is 0 Å². The first-order valence-corrected chi connectivity index (χ1v) is 15.6. The van der Waals surface area contributed by atoms with E-state index in [1.54, 1.807) is 30.3 Å². The minimum Gasteiger partial charge on any atom is -0.352 e. The Morgan fingerprint density at radius 1 is 0.829 bits per heavy atom. The molecule has 0 saturated carbocycles. The van der Waals surface area contributed by atoms with E-state index in [4.69, 9.17) is 0 Å². The summed E-state index contributed by atoms with van der Waals surface area (Å²) in [5.41, 5.74) is 4.97. The molecule has 8 heteroatoms. The molecule has 7 nitrogen and oxygen atoms in total. The van der Waals surface area contributed by atoms with Crippen LogP contribution < -0.4 is 9.62 Å². The number of anilines is 1. The minimum absolute atomic E-state index is 0.0550. The Kier molecular flexibility index (Phi) is 10.7. The number of sulfonamides is 1. The van der Waals surface area contributed by atoms with Gasteiger partial charge in [0, 0.05) is 12.6 Å². The number of carbonyl (C=O) groups excluding carboxylic acids is 2. The van der Waals surface area contributed by atoms with Crippen LogP contribution >= 0.6 is 0 Å². The van der Waals surface area contributed by atoms with Crippen molar-refractivity contribution < 1.29 is 18.0 Å². The van der Waals surface area contributed by atoms with Crippen molar-refractivity contribution in [3.63, 3.8) is 0 Å². The summed E-state index contributed by atoms with van der Waals surface area (Å²) in [6.07, 6.45) is 1.14. The average Bonchev–Trinajstić information content (AvgIpc) is 2.93. The van der Waals surface area contributed by atoms with E-state index in [9.17, 15) is 18.0 Å². The van der Waals surface area contributed by atoms with E-state index in [1.165, 1.54) is 9.21 Å². The second-order valence-electron chi connectivity index (χ2n) is 10.8. The standard InChI is InChI=1S/C33H43N3O4S/c1-8-27(7)34-33(38)30(9-2)35(21-28-13-11-10-12-25(28)5)32(37)22-36(31-19-16-24(4)20-26(31)6)41(39,40)29-17-14-23(3)15-18-29/h10-20,27,30H,8-9,21-22H2,1-7H3,(H,34,38)/t27-,30+/m1/s1. The molecule has 220 valence electrons. The number of carbonyl (C=O) groups is 2. The van der Waals surface area contributed by atoms with Gasteiger partial charge in [0.25, 0.3) is 10.0 Å². The molecule has 0 unspecified atom stereocenters. The predicted molar refractivity (Wildman–Crippen MR) is 165 cm³/mol. The second kappa shape index (κ2) is 13.8. The lowest BCUT2D eigenvalue weighted by Crippen LogP contribution is -2.53. The number of rotatable bonds is 12. The van der Waals surface area contributed by atoms with Gasteiger partial charge in [-0.05, 0) is 82.3 Å². The molecule has 41 heavy (non-hydrogen) atoms. The second-order valence-corrected chi connectivity index (χ2v) is 12.7. The van der Waals surface area contributed by atoms with Gasteiger partial charge in [0.2, 0.25) is 11.8 Å². The Labute approximate surface area is 245 Å². The molecule has 0 radical (unpaired) electrons. The van der Waals surface area contributed by atoms with Crippen LogP contribution in [0.1, 0.15) is 61.4 Å². The minimum atomic E-state index is -4.11. The molecule has 2 amide bonds. The fourth-order valence-corrected chi connectivity index (χ4v) is 6.25. The van der Waals surface area contributed by atoms with Crippen LogP contribution in [0.5, 0.6) is 0 Å². The zero-order valence-corrected chi connectivity index (χ0v) is 26.1. The van der Waals surface area contributed by atoms with Gasteiger partial charge in [0.05, 0.1) is 10.6 Å². The third kappa shape index (κ3) is 7.76. The van der Waals surface area contributed by atoms with Crippen molar-refractivity contribution >= 4 is 27.5 Å². The van der Waals surface area contributed by atoms with Crippen molar-refractivity contribution in [1.29, 1.82) is 0 Å². The first kappa shape index (κ1) is 31.9. The maximum atomic E-state index is 14.3. The van der Waals surface area contributed by atoms with Crippen LogP contribution in [0.25, 0.3) is 0 Å². The molecule has 0 saturated heterocycles. The highest BCUT2D eigenvalue weighted by atomic mass is 32.2. The molecule has 0 fully saturated rings. The predicted octanol–water partition coefficient (Wildman–Crippen LogP) is 5.84. The number of amides is 2. The average molecular weight is 578 g/mol. The Hall–Kier alpha value is -3.65. The number of aryl methyl sites for hydroxylation is 4. The van der Waals surface area contributed by atoms with Crippen LogP contribution in [0.2, 0.25) is 0 Å². The molecule has 0 aliphatic rings. The summed E-state index contributed by atoms with van der Waals surface area (Å²) >= 11 is 0. The van der Waals surface area contributed by atoms with Crippen molar-refractivity contribution in [2.24, 2.45) is 0 Å². The van der Waals surface area contributed by atoms with Crippen molar-refractivity contribution in [3.05, 3.63) is 94.5 Å². The molecule has 2 atom stereocenters. The molecule has 0 heterocycles. The van der Waals surface area contributed by atoms with Gasteiger partial charge in [-0.2, -0.15) is 0 Å². The van der Waals surface area contributed by atoms with Crippen LogP contribution in [0, 0.1) is 27.7 Å². The van der Waals surface area contributed by atoms with E-state index in [0.717, 1.165) is 34.2 Å². The highest BCUT2D eigenvalue weighted by molar-refractivity contribution is 7.92. The van der Waals surface area contributed by atoms with E-state index >= 15 is 0 Å². The Bertz CT molecular complexity index is 1470. The van der Waals surface area contributed by atoms with Crippen LogP contribution in [0.15, 0.2) is 71.6 Å². The number of hydrogen-bond acceptors (Lipinski definition) is 4. The first-order valence-electron chi connectivity index (χ1n) is 14.2. The fourth-order valence-electron chi connectivity index (χ4n) is 4.77. The van der Waals surface area contributed by atoms with Gasteiger partial charge >= 0.3 is 0 Å². The lowest BCUT2D eigenvalue weighted by atomic mass is 10.1. The zero-order chi connectivity index (χ0) is 30.3. The maximum absolute atomic E-state index is 14.3. The molecule has 3 aromatic rings. The summed E-state index contributed by atoms with van der Waals surface area (Å²) in [7, 11) is -4.11. The summed E-state index contributed by atoms with van der Waals surface area (Å²) < 4.78 is 29.4. The normalized spacial score (nSPS) is 12.9. The number of nitrogens with one attached hydrogen (secondary N) is 1. The summed E-state index contributed by atoms with van der Waals surface area (Å²) in [5.74, 6) is -0.696. The number of nitrogens with zero attached hydrogens (tertiary/aromatic N) is 2. The maximum Gasteiger partial charge on any atom is 0.264 e. The van der Waals surface area contributed by atoms with Gasteiger partial charge < -0.3 is 10.2 Å². The molecule has 1 N–H and O–H groups in total. The van der Waals surface area contributed by atoms with Gasteiger partial charge in [-0.3, -0.25) is 13.9 Å². The SMILES string of the molecule is CC[C@@H](C)NC(=O)[C@H](CC)N(Cc1ccccc1C)C(=O)CN(c1ccc(C)cc1C)S(=O)(=O)c1ccc(C)cc1. The quantitative estimate of drug-likeness (QED) is 0.293. The highest BCUT2D eigenvalue weighted by Crippen LogP contribution is 2.29.